The van der Waals surface area contributed by atoms with Gasteiger partial charge in [0.25, 0.3) is 5.91 Å². The molecule has 34 heavy (non-hydrogen) atoms. The molecular formula is C22H18Cl2F3N3O3S. The minimum Gasteiger partial charge on any atom is -0.336 e. The monoisotopic (exact) mass is 531 g/mol. The summed E-state index contributed by atoms with van der Waals surface area (Å²) >= 11 is 11.8. The number of hydrogen-bond donors (Lipinski definition) is 0. The van der Waals surface area contributed by atoms with Crippen LogP contribution >= 0.6 is 23.2 Å². The number of piperazine rings is 1. The zero-order valence-electron chi connectivity index (χ0n) is 17.5. The van der Waals surface area contributed by atoms with E-state index in [2.05, 4.69) is 0 Å². The molecule has 0 spiro atoms. The van der Waals surface area contributed by atoms with E-state index in [1.807, 2.05) is 0 Å². The van der Waals surface area contributed by atoms with Crippen LogP contribution in [0.4, 0.5) is 13.2 Å². The second-order valence-electron chi connectivity index (χ2n) is 7.63. The van der Waals surface area contributed by atoms with E-state index < -0.39 is 27.7 Å². The molecule has 3 aromatic rings. The van der Waals surface area contributed by atoms with Crippen LogP contribution in [0.2, 0.25) is 10.0 Å². The Kier molecular flexibility index (Phi) is 6.69. The summed E-state index contributed by atoms with van der Waals surface area (Å²) in [5.41, 5.74) is -0.869. The zero-order valence-corrected chi connectivity index (χ0v) is 19.8. The smallest absolute Gasteiger partial charge is 0.336 e. The second-order valence-corrected chi connectivity index (χ2v) is 10.4. The van der Waals surface area contributed by atoms with Gasteiger partial charge in [0.05, 0.1) is 20.5 Å². The number of rotatable bonds is 4. The van der Waals surface area contributed by atoms with Crippen molar-refractivity contribution in [3.8, 4) is 5.69 Å². The summed E-state index contributed by atoms with van der Waals surface area (Å²) in [6.07, 6.45) is -1.47. The molecule has 0 atom stereocenters. The maximum absolute atomic E-state index is 13.5. The third-order valence-electron chi connectivity index (χ3n) is 5.45. The van der Waals surface area contributed by atoms with Gasteiger partial charge in [-0.3, -0.25) is 4.79 Å². The maximum atomic E-state index is 13.5. The summed E-state index contributed by atoms with van der Waals surface area (Å²) in [6.45, 7) is 0.0123. The van der Waals surface area contributed by atoms with Gasteiger partial charge < -0.3 is 9.47 Å². The van der Waals surface area contributed by atoms with Crippen molar-refractivity contribution in [3.05, 3.63) is 82.1 Å². The first-order chi connectivity index (χ1) is 16.0. The van der Waals surface area contributed by atoms with Crippen LogP contribution in [0.15, 0.2) is 65.8 Å². The molecule has 1 fully saturated rings. The van der Waals surface area contributed by atoms with E-state index in [-0.39, 0.29) is 52.4 Å². The van der Waals surface area contributed by atoms with E-state index in [0.29, 0.717) is 0 Å². The molecule has 6 nitrogen and oxygen atoms in total. The molecule has 1 aliphatic heterocycles. The highest BCUT2D eigenvalue weighted by Crippen LogP contribution is 2.32. The molecule has 180 valence electrons. The zero-order chi connectivity index (χ0) is 24.7. The Balaban J connectivity index is 1.54. The molecule has 2 heterocycles. The van der Waals surface area contributed by atoms with E-state index >= 15 is 0 Å². The Morgan fingerprint density at radius 3 is 2.12 bits per heavy atom. The van der Waals surface area contributed by atoms with Crippen molar-refractivity contribution in [3.63, 3.8) is 0 Å². The Labute approximate surface area is 204 Å². The summed E-state index contributed by atoms with van der Waals surface area (Å²) in [6, 6.07) is 10.5. The Morgan fingerprint density at radius 2 is 1.53 bits per heavy atom. The van der Waals surface area contributed by atoms with Gasteiger partial charge in [0.2, 0.25) is 10.0 Å². The molecule has 0 N–H and O–H groups in total. The summed E-state index contributed by atoms with van der Waals surface area (Å²) in [5.74, 6) is -0.605. The van der Waals surface area contributed by atoms with Crippen LogP contribution in [0, 0.1) is 0 Å². The van der Waals surface area contributed by atoms with Crippen molar-refractivity contribution in [2.24, 2.45) is 0 Å². The molecule has 1 aromatic heterocycles. The summed E-state index contributed by atoms with van der Waals surface area (Å²) in [7, 11) is -3.88. The number of aromatic nitrogens is 1. The lowest BCUT2D eigenvalue weighted by Gasteiger charge is -2.34. The van der Waals surface area contributed by atoms with Gasteiger partial charge >= 0.3 is 6.18 Å². The van der Waals surface area contributed by atoms with E-state index in [1.54, 1.807) is 24.5 Å². The number of sulfonamides is 1. The molecular weight excluding hydrogens is 514 g/mol. The highest BCUT2D eigenvalue weighted by molar-refractivity contribution is 7.89. The molecule has 12 heteroatoms. The highest BCUT2D eigenvalue weighted by atomic mass is 35.5. The first kappa shape index (κ1) is 24.6. The van der Waals surface area contributed by atoms with Gasteiger partial charge in [0.15, 0.2) is 0 Å². The van der Waals surface area contributed by atoms with Crippen molar-refractivity contribution in [1.29, 1.82) is 0 Å². The fourth-order valence-electron chi connectivity index (χ4n) is 3.65. The van der Waals surface area contributed by atoms with Crippen molar-refractivity contribution in [2.75, 3.05) is 26.2 Å². The SMILES string of the molecule is O=C(c1cc(-n2cccc2)cc(C(F)(F)F)c1)N1CCN(S(=O)(=O)c2ccc(Cl)c(Cl)c2)CC1. The lowest BCUT2D eigenvalue weighted by molar-refractivity contribution is -0.137. The molecule has 1 amide bonds. The fraction of sp³-hybridized carbons (Fsp3) is 0.227. The van der Waals surface area contributed by atoms with Gasteiger partial charge in [-0.1, -0.05) is 23.2 Å². The number of hydrogen-bond acceptors (Lipinski definition) is 3. The molecule has 1 saturated heterocycles. The van der Waals surface area contributed by atoms with Crippen LogP contribution in [0.25, 0.3) is 5.69 Å². The van der Waals surface area contributed by atoms with Crippen LogP contribution in [-0.4, -0.2) is 54.3 Å². The summed E-state index contributed by atoms with van der Waals surface area (Å²) in [5, 5.41) is 0.316. The molecule has 0 radical (unpaired) electrons. The number of carbonyl (C=O) groups is 1. The number of carbonyl (C=O) groups excluding carboxylic acids is 1. The minimum atomic E-state index is -4.63. The molecule has 0 saturated carbocycles. The maximum Gasteiger partial charge on any atom is 0.416 e. The van der Waals surface area contributed by atoms with Crippen LogP contribution in [-0.2, 0) is 16.2 Å². The Hall–Kier alpha value is -2.53. The predicted octanol–water partition coefficient (Wildman–Crippen LogP) is 4.95. The molecule has 0 aliphatic carbocycles. The first-order valence-electron chi connectivity index (χ1n) is 10.1. The summed E-state index contributed by atoms with van der Waals surface area (Å²) in [4.78, 5) is 14.4. The third-order valence-corrected chi connectivity index (χ3v) is 8.08. The number of halogens is 5. The van der Waals surface area contributed by atoms with Crippen molar-refractivity contribution in [2.45, 2.75) is 11.1 Å². The van der Waals surface area contributed by atoms with Crippen molar-refractivity contribution < 1.29 is 26.4 Å². The fourth-order valence-corrected chi connectivity index (χ4v) is 5.47. The largest absolute Gasteiger partial charge is 0.416 e. The van der Waals surface area contributed by atoms with E-state index in [0.717, 1.165) is 12.1 Å². The van der Waals surface area contributed by atoms with Gasteiger partial charge in [-0.15, -0.1) is 0 Å². The highest BCUT2D eigenvalue weighted by Gasteiger charge is 2.34. The van der Waals surface area contributed by atoms with Crippen molar-refractivity contribution >= 4 is 39.1 Å². The molecule has 2 aromatic carbocycles. The quantitative estimate of drug-likeness (QED) is 0.478. The van der Waals surface area contributed by atoms with Gasteiger partial charge in [-0.25, -0.2) is 8.42 Å². The second kappa shape index (κ2) is 9.26. The topological polar surface area (TPSA) is 62.6 Å². The Morgan fingerprint density at radius 1 is 0.882 bits per heavy atom. The van der Waals surface area contributed by atoms with Crippen molar-refractivity contribution in [1.82, 2.24) is 13.8 Å². The van der Waals surface area contributed by atoms with Crippen LogP contribution in [0.3, 0.4) is 0 Å². The third kappa shape index (κ3) is 4.95. The average molecular weight is 532 g/mol. The predicted molar refractivity (Wildman–Crippen MR) is 122 cm³/mol. The van der Waals surface area contributed by atoms with E-state index in [9.17, 15) is 26.4 Å². The lowest BCUT2D eigenvalue weighted by Crippen LogP contribution is -2.50. The Bertz CT molecular complexity index is 1320. The minimum absolute atomic E-state index is 0.0161. The number of nitrogens with zero attached hydrogens (tertiary/aromatic N) is 3. The first-order valence-corrected chi connectivity index (χ1v) is 12.3. The molecule has 0 bridgehead atoms. The standard InChI is InChI=1S/C22H18Cl2F3N3O3S/c23-19-4-3-18(14-20(19)24)34(32,33)30-9-7-29(8-10-30)21(31)15-11-16(22(25,26)27)13-17(12-15)28-5-1-2-6-28/h1-6,11-14H,7-10H2. The van der Waals surface area contributed by atoms with Crippen LogP contribution in [0.1, 0.15) is 15.9 Å². The van der Waals surface area contributed by atoms with E-state index in [4.69, 9.17) is 23.2 Å². The number of benzene rings is 2. The summed E-state index contributed by atoms with van der Waals surface area (Å²) < 4.78 is 68.9. The van der Waals surface area contributed by atoms with Gasteiger partial charge in [0, 0.05) is 49.8 Å². The number of alkyl halides is 3. The number of amides is 1. The van der Waals surface area contributed by atoms with Crippen LogP contribution in [0.5, 0.6) is 0 Å². The molecule has 4 rings (SSSR count). The molecule has 1 aliphatic rings. The van der Waals surface area contributed by atoms with E-state index in [1.165, 1.54) is 38.0 Å². The molecule has 0 unspecified atom stereocenters. The van der Waals surface area contributed by atoms with Crippen LogP contribution < -0.4 is 0 Å². The lowest BCUT2D eigenvalue weighted by atomic mass is 10.1. The normalized spacial score (nSPS) is 15.5. The average Bonchev–Trinajstić information content (AvgIpc) is 3.34. The van der Waals surface area contributed by atoms with Gasteiger partial charge in [-0.2, -0.15) is 17.5 Å². The van der Waals surface area contributed by atoms with Gasteiger partial charge in [-0.05, 0) is 48.5 Å². The van der Waals surface area contributed by atoms with Gasteiger partial charge in [0.1, 0.15) is 0 Å².